The van der Waals surface area contributed by atoms with Gasteiger partial charge >= 0.3 is 0 Å². The van der Waals surface area contributed by atoms with Gasteiger partial charge in [0.15, 0.2) is 0 Å². The minimum absolute atomic E-state index is 0.206. The van der Waals surface area contributed by atoms with Crippen LogP contribution in [0.4, 0.5) is 0 Å². The average Bonchev–Trinajstić information content (AvgIpc) is 2.17. The van der Waals surface area contributed by atoms with Crippen LogP contribution in [0.25, 0.3) is 0 Å². The fourth-order valence-electron chi connectivity index (χ4n) is 1.40. The number of sulfonamides is 1. The first-order chi connectivity index (χ1) is 7.45. The molecule has 16 heavy (non-hydrogen) atoms. The van der Waals surface area contributed by atoms with Crippen molar-refractivity contribution in [2.24, 2.45) is 0 Å². The van der Waals surface area contributed by atoms with Gasteiger partial charge in [0.05, 0.1) is 5.75 Å². The van der Waals surface area contributed by atoms with E-state index in [9.17, 15) is 8.42 Å². The van der Waals surface area contributed by atoms with Gasteiger partial charge in [-0.1, -0.05) is 35.0 Å². The van der Waals surface area contributed by atoms with Crippen LogP contribution in [-0.4, -0.2) is 25.5 Å². The van der Waals surface area contributed by atoms with Gasteiger partial charge in [0, 0.05) is 18.1 Å². The van der Waals surface area contributed by atoms with Gasteiger partial charge in [-0.25, -0.2) is 12.7 Å². The highest BCUT2D eigenvalue weighted by Crippen LogP contribution is 2.14. The van der Waals surface area contributed by atoms with Gasteiger partial charge in [-0.2, -0.15) is 0 Å². The summed E-state index contributed by atoms with van der Waals surface area (Å²) in [5.74, 6) is 0.206. The number of hydrogen-bond acceptors (Lipinski definition) is 2. The number of halogens is 1. The van der Waals surface area contributed by atoms with Crippen molar-refractivity contribution in [3.63, 3.8) is 0 Å². The monoisotopic (exact) mass is 305 g/mol. The summed E-state index contributed by atoms with van der Waals surface area (Å²) in [5, 5.41) is 0. The van der Waals surface area contributed by atoms with E-state index in [1.807, 2.05) is 31.2 Å². The van der Waals surface area contributed by atoms with Crippen LogP contribution in [0.1, 0.15) is 18.9 Å². The lowest BCUT2D eigenvalue weighted by atomic mass is 10.2. The Morgan fingerprint density at radius 2 is 2.06 bits per heavy atom. The van der Waals surface area contributed by atoms with E-state index in [-0.39, 0.29) is 5.75 Å². The summed E-state index contributed by atoms with van der Waals surface area (Å²) in [7, 11) is -1.49. The molecule has 0 heterocycles. The van der Waals surface area contributed by atoms with E-state index < -0.39 is 10.0 Å². The van der Waals surface area contributed by atoms with Crippen molar-refractivity contribution in [3.8, 4) is 0 Å². The molecule has 0 aliphatic rings. The van der Waals surface area contributed by atoms with Gasteiger partial charge in [-0.3, -0.25) is 0 Å². The zero-order valence-electron chi connectivity index (χ0n) is 9.48. The van der Waals surface area contributed by atoms with Crippen molar-refractivity contribution in [2.75, 3.05) is 12.8 Å². The Morgan fingerprint density at radius 1 is 1.38 bits per heavy atom. The van der Waals surface area contributed by atoms with Crippen LogP contribution in [0.2, 0.25) is 0 Å². The molecule has 0 spiro atoms. The molecule has 0 aromatic heterocycles. The van der Waals surface area contributed by atoms with Crippen molar-refractivity contribution >= 4 is 26.0 Å². The summed E-state index contributed by atoms with van der Waals surface area (Å²) < 4.78 is 25.8. The predicted octanol–water partition coefficient (Wildman–Crippen LogP) is 2.62. The second-order valence-electron chi connectivity index (χ2n) is 3.70. The van der Waals surface area contributed by atoms with E-state index in [4.69, 9.17) is 0 Å². The SMILES string of the molecule is CCCS(=O)(=O)N(C)Cc1cccc(Br)c1. The molecule has 0 amide bonds. The van der Waals surface area contributed by atoms with Crippen molar-refractivity contribution in [1.82, 2.24) is 4.31 Å². The summed E-state index contributed by atoms with van der Waals surface area (Å²) in [5.41, 5.74) is 0.983. The Balaban J connectivity index is 2.75. The Hall–Kier alpha value is -0.390. The predicted molar refractivity (Wildman–Crippen MR) is 69.7 cm³/mol. The first kappa shape index (κ1) is 13.7. The standard InChI is InChI=1S/C11H16BrNO2S/c1-3-7-16(14,15)13(2)9-10-5-4-6-11(12)8-10/h4-6,8H,3,7,9H2,1-2H3. The van der Waals surface area contributed by atoms with Gasteiger partial charge in [-0.05, 0) is 24.1 Å². The lowest BCUT2D eigenvalue weighted by Gasteiger charge is -2.16. The van der Waals surface area contributed by atoms with Gasteiger partial charge in [0.2, 0.25) is 10.0 Å². The van der Waals surface area contributed by atoms with Crippen LogP contribution in [0.15, 0.2) is 28.7 Å². The Bertz CT molecular complexity index is 445. The van der Waals surface area contributed by atoms with E-state index in [1.165, 1.54) is 4.31 Å². The fourth-order valence-corrected chi connectivity index (χ4v) is 3.02. The molecule has 1 aromatic rings. The maximum Gasteiger partial charge on any atom is 0.214 e. The maximum absolute atomic E-state index is 11.7. The molecule has 0 bridgehead atoms. The molecule has 1 aromatic carbocycles. The molecule has 1 rings (SSSR count). The van der Waals surface area contributed by atoms with Crippen LogP contribution >= 0.6 is 15.9 Å². The van der Waals surface area contributed by atoms with E-state index in [2.05, 4.69) is 15.9 Å². The largest absolute Gasteiger partial charge is 0.214 e. The van der Waals surface area contributed by atoms with Crippen molar-refractivity contribution in [2.45, 2.75) is 19.9 Å². The van der Waals surface area contributed by atoms with Crippen molar-refractivity contribution in [3.05, 3.63) is 34.3 Å². The fraction of sp³-hybridized carbons (Fsp3) is 0.455. The number of nitrogens with zero attached hydrogens (tertiary/aromatic N) is 1. The lowest BCUT2D eigenvalue weighted by Crippen LogP contribution is -2.28. The van der Waals surface area contributed by atoms with E-state index in [0.717, 1.165) is 10.0 Å². The quantitative estimate of drug-likeness (QED) is 0.838. The average molecular weight is 306 g/mol. The smallest absolute Gasteiger partial charge is 0.212 e. The van der Waals surface area contributed by atoms with Crippen LogP contribution in [0.3, 0.4) is 0 Å². The van der Waals surface area contributed by atoms with E-state index in [0.29, 0.717) is 13.0 Å². The van der Waals surface area contributed by atoms with Gasteiger partial charge < -0.3 is 0 Å². The Morgan fingerprint density at radius 3 is 2.62 bits per heavy atom. The summed E-state index contributed by atoms with van der Waals surface area (Å²) in [6.07, 6.45) is 0.644. The second-order valence-corrected chi connectivity index (χ2v) is 6.81. The third-order valence-corrected chi connectivity index (χ3v) is 4.73. The van der Waals surface area contributed by atoms with Crippen molar-refractivity contribution < 1.29 is 8.42 Å². The van der Waals surface area contributed by atoms with Gasteiger partial charge in [0.25, 0.3) is 0 Å². The molecule has 0 aliphatic heterocycles. The highest BCUT2D eigenvalue weighted by molar-refractivity contribution is 9.10. The van der Waals surface area contributed by atoms with Crippen LogP contribution in [-0.2, 0) is 16.6 Å². The highest BCUT2D eigenvalue weighted by Gasteiger charge is 2.16. The zero-order chi connectivity index (χ0) is 12.2. The molecule has 0 saturated carbocycles. The molecule has 5 heteroatoms. The third kappa shape index (κ3) is 3.88. The molecule has 0 fully saturated rings. The molecule has 3 nitrogen and oxygen atoms in total. The normalized spacial score (nSPS) is 12.0. The molecule has 0 unspecified atom stereocenters. The molecule has 0 saturated heterocycles. The van der Waals surface area contributed by atoms with E-state index in [1.54, 1.807) is 7.05 Å². The third-order valence-electron chi connectivity index (χ3n) is 2.23. The second kappa shape index (κ2) is 5.80. The van der Waals surface area contributed by atoms with Crippen LogP contribution < -0.4 is 0 Å². The van der Waals surface area contributed by atoms with Crippen molar-refractivity contribution in [1.29, 1.82) is 0 Å². The number of rotatable bonds is 5. The minimum Gasteiger partial charge on any atom is -0.212 e. The molecule has 0 radical (unpaired) electrons. The number of hydrogen-bond donors (Lipinski definition) is 0. The highest BCUT2D eigenvalue weighted by atomic mass is 79.9. The summed E-state index contributed by atoms with van der Waals surface area (Å²) >= 11 is 3.37. The van der Waals surface area contributed by atoms with Crippen LogP contribution in [0, 0.1) is 0 Å². The zero-order valence-corrected chi connectivity index (χ0v) is 11.9. The topological polar surface area (TPSA) is 37.4 Å². The molecular weight excluding hydrogens is 290 g/mol. The van der Waals surface area contributed by atoms with Gasteiger partial charge in [0.1, 0.15) is 0 Å². The maximum atomic E-state index is 11.7. The van der Waals surface area contributed by atoms with E-state index >= 15 is 0 Å². The minimum atomic E-state index is -3.10. The summed E-state index contributed by atoms with van der Waals surface area (Å²) in [6.45, 7) is 2.28. The first-order valence-corrected chi connectivity index (χ1v) is 7.54. The summed E-state index contributed by atoms with van der Waals surface area (Å²) in [4.78, 5) is 0. The number of benzene rings is 1. The first-order valence-electron chi connectivity index (χ1n) is 5.14. The molecule has 0 N–H and O–H groups in total. The molecule has 90 valence electrons. The summed E-state index contributed by atoms with van der Waals surface area (Å²) in [6, 6.07) is 7.67. The molecular formula is C11H16BrNO2S. The Kier molecular flexibility index (Phi) is 4.95. The van der Waals surface area contributed by atoms with Gasteiger partial charge in [-0.15, -0.1) is 0 Å². The lowest BCUT2D eigenvalue weighted by molar-refractivity contribution is 0.466. The van der Waals surface area contributed by atoms with Crippen LogP contribution in [0.5, 0.6) is 0 Å². The molecule has 0 atom stereocenters. The molecule has 0 aliphatic carbocycles. The Labute approximate surface area is 106 Å².